The number of hydrogen-bond acceptors (Lipinski definition) is 4. The average Bonchev–Trinajstić information content (AvgIpc) is 3.19. The highest BCUT2D eigenvalue weighted by Crippen LogP contribution is 2.19. The molecule has 1 saturated heterocycles. The van der Waals surface area contributed by atoms with E-state index < -0.39 is 6.04 Å². The van der Waals surface area contributed by atoms with Crippen molar-refractivity contribution in [2.45, 2.75) is 96.1 Å². The molecule has 0 aromatic heterocycles. The molecule has 1 saturated carbocycles. The van der Waals surface area contributed by atoms with Crippen LogP contribution >= 0.6 is 0 Å². The van der Waals surface area contributed by atoms with Crippen LogP contribution in [0.15, 0.2) is 0 Å². The van der Waals surface area contributed by atoms with E-state index in [0.29, 0.717) is 25.0 Å². The van der Waals surface area contributed by atoms with Crippen LogP contribution in [-0.2, 0) is 14.4 Å². The summed E-state index contributed by atoms with van der Waals surface area (Å²) in [4.78, 5) is 39.2. The summed E-state index contributed by atoms with van der Waals surface area (Å²) in [5.41, 5.74) is 0. The minimum Gasteiger partial charge on any atom is -0.352 e. The van der Waals surface area contributed by atoms with Crippen molar-refractivity contribution in [2.75, 3.05) is 20.1 Å². The minimum absolute atomic E-state index is 0.0140. The molecule has 0 spiro atoms. The fraction of sp³-hybridized carbons (Fsp3) is 0.864. The van der Waals surface area contributed by atoms with Crippen molar-refractivity contribution in [1.82, 2.24) is 15.5 Å². The van der Waals surface area contributed by atoms with Crippen LogP contribution in [0.4, 0.5) is 0 Å². The zero-order chi connectivity index (χ0) is 20.4. The summed E-state index contributed by atoms with van der Waals surface area (Å²) in [5, 5.41) is 6.20. The Balaban J connectivity index is 1.82. The summed E-state index contributed by atoms with van der Waals surface area (Å²) >= 11 is 0. The minimum atomic E-state index is -0.449. The number of hydrogen-bond donors (Lipinski definition) is 2. The Kier molecular flexibility index (Phi) is 9.96. The van der Waals surface area contributed by atoms with Crippen LogP contribution in [0.1, 0.15) is 84.0 Å². The number of piperidine rings is 1. The zero-order valence-corrected chi connectivity index (χ0v) is 17.8. The fourth-order valence-corrected chi connectivity index (χ4v) is 4.23. The molecule has 28 heavy (non-hydrogen) atoms. The van der Waals surface area contributed by atoms with E-state index in [9.17, 15) is 14.4 Å². The molecule has 2 rings (SSSR count). The first-order valence-electron chi connectivity index (χ1n) is 11.3. The van der Waals surface area contributed by atoms with E-state index in [-0.39, 0.29) is 23.8 Å². The van der Waals surface area contributed by atoms with E-state index in [1.54, 1.807) is 0 Å². The van der Waals surface area contributed by atoms with E-state index >= 15 is 0 Å². The number of ketones is 1. The summed E-state index contributed by atoms with van der Waals surface area (Å²) in [6.45, 7) is 3.76. The van der Waals surface area contributed by atoms with Gasteiger partial charge in [-0.25, -0.2) is 0 Å². The molecular weight excluding hydrogens is 354 g/mol. The first-order chi connectivity index (χ1) is 13.5. The largest absolute Gasteiger partial charge is 0.352 e. The maximum Gasteiger partial charge on any atom is 0.242 e. The first kappa shape index (κ1) is 22.9. The molecule has 0 aromatic carbocycles. The van der Waals surface area contributed by atoms with Gasteiger partial charge in [0.1, 0.15) is 11.8 Å². The first-order valence-corrected chi connectivity index (χ1v) is 11.3. The van der Waals surface area contributed by atoms with Crippen molar-refractivity contribution >= 4 is 17.6 Å². The van der Waals surface area contributed by atoms with Crippen LogP contribution in [0.2, 0.25) is 0 Å². The van der Waals surface area contributed by atoms with Gasteiger partial charge in [-0.15, -0.1) is 0 Å². The molecule has 160 valence electrons. The van der Waals surface area contributed by atoms with E-state index in [2.05, 4.69) is 22.6 Å². The summed E-state index contributed by atoms with van der Waals surface area (Å²) in [5.74, 6) is 0.310. The van der Waals surface area contributed by atoms with Crippen molar-refractivity contribution in [3.05, 3.63) is 0 Å². The highest BCUT2D eigenvalue weighted by atomic mass is 16.2. The molecule has 1 heterocycles. The SMILES string of the molecule is CCC(=O)CCCCC[C@H](NC(=O)C1CCN(C)CC1)C(=O)NC1CCCC1. The number of nitrogens with zero attached hydrogens (tertiary/aromatic N) is 1. The summed E-state index contributed by atoms with van der Waals surface area (Å²) in [6.07, 6.45) is 10.7. The van der Waals surface area contributed by atoms with Crippen molar-refractivity contribution < 1.29 is 14.4 Å². The number of rotatable bonds is 11. The number of unbranched alkanes of at least 4 members (excludes halogenated alkanes) is 2. The third-order valence-corrected chi connectivity index (χ3v) is 6.27. The Morgan fingerprint density at radius 2 is 1.68 bits per heavy atom. The Bertz CT molecular complexity index is 509. The van der Waals surface area contributed by atoms with Gasteiger partial charge >= 0.3 is 0 Å². The lowest BCUT2D eigenvalue weighted by Crippen LogP contribution is -2.51. The predicted octanol–water partition coefficient (Wildman–Crippen LogP) is 2.80. The fourth-order valence-electron chi connectivity index (χ4n) is 4.23. The van der Waals surface area contributed by atoms with Gasteiger partial charge in [-0.2, -0.15) is 0 Å². The third kappa shape index (κ3) is 7.90. The van der Waals surface area contributed by atoms with Gasteiger partial charge in [0.15, 0.2) is 0 Å². The molecule has 2 aliphatic rings. The van der Waals surface area contributed by atoms with Gasteiger partial charge in [-0.05, 0) is 58.7 Å². The smallest absolute Gasteiger partial charge is 0.242 e. The lowest BCUT2D eigenvalue weighted by molar-refractivity contribution is -0.132. The van der Waals surface area contributed by atoms with Gasteiger partial charge in [-0.3, -0.25) is 14.4 Å². The van der Waals surface area contributed by atoms with Gasteiger partial charge in [-0.1, -0.05) is 32.6 Å². The lowest BCUT2D eigenvalue weighted by atomic mass is 9.95. The summed E-state index contributed by atoms with van der Waals surface area (Å²) < 4.78 is 0. The Morgan fingerprint density at radius 1 is 1.00 bits per heavy atom. The van der Waals surface area contributed by atoms with Crippen molar-refractivity contribution in [2.24, 2.45) is 5.92 Å². The van der Waals surface area contributed by atoms with Crippen molar-refractivity contribution in [3.8, 4) is 0 Å². The van der Waals surface area contributed by atoms with Crippen LogP contribution in [0.5, 0.6) is 0 Å². The highest BCUT2D eigenvalue weighted by Gasteiger charge is 2.29. The van der Waals surface area contributed by atoms with Gasteiger partial charge < -0.3 is 15.5 Å². The molecule has 2 amide bonds. The van der Waals surface area contributed by atoms with Crippen LogP contribution in [0.25, 0.3) is 0 Å². The Hall–Kier alpha value is -1.43. The predicted molar refractivity (Wildman–Crippen MR) is 111 cm³/mol. The standard InChI is InChI=1S/C22H39N3O3/c1-3-19(26)11-5-4-6-12-20(22(28)23-18-9-7-8-10-18)24-21(27)17-13-15-25(2)16-14-17/h17-18,20H,3-16H2,1-2H3,(H,23,28)(H,24,27)/t20-/m0/s1. The number of carbonyl (C=O) groups is 3. The molecule has 1 aliphatic heterocycles. The number of Topliss-reactive ketones (excluding diaryl/α,β-unsaturated/α-hetero) is 1. The van der Waals surface area contributed by atoms with Crippen molar-refractivity contribution in [3.63, 3.8) is 0 Å². The topological polar surface area (TPSA) is 78.5 Å². The average molecular weight is 394 g/mol. The monoisotopic (exact) mass is 393 g/mol. The second kappa shape index (κ2) is 12.2. The van der Waals surface area contributed by atoms with E-state index in [1.807, 2.05) is 6.92 Å². The molecular formula is C22H39N3O3. The number of amides is 2. The zero-order valence-electron chi connectivity index (χ0n) is 17.8. The maximum absolute atomic E-state index is 12.8. The third-order valence-electron chi connectivity index (χ3n) is 6.27. The van der Waals surface area contributed by atoms with Crippen LogP contribution < -0.4 is 10.6 Å². The van der Waals surface area contributed by atoms with Crippen LogP contribution in [0, 0.1) is 5.92 Å². The number of carbonyl (C=O) groups excluding carboxylic acids is 3. The molecule has 0 unspecified atom stereocenters. The van der Waals surface area contributed by atoms with Gasteiger partial charge in [0, 0.05) is 24.8 Å². The molecule has 1 aliphatic carbocycles. The normalized spacial score (nSPS) is 20.1. The molecule has 0 radical (unpaired) electrons. The number of likely N-dealkylation sites (tertiary alicyclic amines) is 1. The molecule has 0 bridgehead atoms. The van der Waals surface area contributed by atoms with Gasteiger partial charge in [0.05, 0.1) is 0 Å². The second-order valence-corrected chi connectivity index (χ2v) is 8.62. The van der Waals surface area contributed by atoms with Gasteiger partial charge in [0.2, 0.25) is 11.8 Å². The number of nitrogens with one attached hydrogen (secondary N) is 2. The highest BCUT2D eigenvalue weighted by molar-refractivity contribution is 5.88. The second-order valence-electron chi connectivity index (χ2n) is 8.62. The lowest BCUT2D eigenvalue weighted by Gasteiger charge is -2.29. The van der Waals surface area contributed by atoms with E-state index in [0.717, 1.165) is 58.0 Å². The summed E-state index contributed by atoms with van der Waals surface area (Å²) in [7, 11) is 2.08. The quantitative estimate of drug-likeness (QED) is 0.529. The van der Waals surface area contributed by atoms with Gasteiger partial charge in [0.25, 0.3) is 0 Å². The van der Waals surface area contributed by atoms with E-state index in [4.69, 9.17) is 0 Å². The molecule has 0 aromatic rings. The molecule has 1 atom stereocenters. The molecule has 2 N–H and O–H groups in total. The summed E-state index contributed by atoms with van der Waals surface area (Å²) in [6, 6.07) is -0.188. The van der Waals surface area contributed by atoms with Crippen molar-refractivity contribution in [1.29, 1.82) is 0 Å². The van der Waals surface area contributed by atoms with E-state index in [1.165, 1.54) is 12.8 Å². The van der Waals surface area contributed by atoms with Crippen LogP contribution in [0.3, 0.4) is 0 Å². The maximum atomic E-state index is 12.8. The Morgan fingerprint density at radius 3 is 2.32 bits per heavy atom. The Labute approximate surface area is 170 Å². The molecule has 2 fully saturated rings. The molecule has 6 heteroatoms. The molecule has 6 nitrogen and oxygen atoms in total. The van der Waals surface area contributed by atoms with Crippen LogP contribution in [-0.4, -0.2) is 54.7 Å².